The van der Waals surface area contributed by atoms with E-state index in [1.54, 1.807) is 0 Å². The van der Waals surface area contributed by atoms with Crippen molar-refractivity contribution in [3.05, 3.63) is 78.9 Å². The molecule has 0 amide bonds. The van der Waals surface area contributed by atoms with Gasteiger partial charge in [0, 0.05) is 0 Å². The predicted octanol–water partition coefficient (Wildman–Crippen LogP) is -0.524. The van der Waals surface area contributed by atoms with E-state index in [1.165, 1.54) is 16.4 Å². The average Bonchev–Trinajstić information content (AvgIpc) is 2.92. The lowest BCUT2D eigenvalue weighted by Gasteiger charge is -2.16. The van der Waals surface area contributed by atoms with Crippen molar-refractivity contribution in [1.29, 1.82) is 0 Å². The van der Waals surface area contributed by atoms with Gasteiger partial charge in [-0.1, -0.05) is 60.7 Å². The molecular formula is C17H18BrN2P. The highest BCUT2D eigenvalue weighted by Gasteiger charge is 2.19. The first kappa shape index (κ1) is 15.9. The first-order chi connectivity index (χ1) is 9.84. The van der Waals surface area contributed by atoms with Crippen molar-refractivity contribution in [2.24, 2.45) is 7.05 Å². The van der Waals surface area contributed by atoms with Crippen LogP contribution in [-0.4, -0.2) is 4.98 Å². The van der Waals surface area contributed by atoms with Crippen LogP contribution in [0.2, 0.25) is 0 Å². The highest BCUT2D eigenvalue weighted by Crippen LogP contribution is 2.36. The molecule has 2 aromatic carbocycles. The molecule has 0 saturated carbocycles. The third kappa shape index (κ3) is 3.81. The Balaban J connectivity index is 0.00000161. The second-order valence-electron chi connectivity index (χ2n) is 4.77. The highest BCUT2D eigenvalue weighted by atomic mass is 79.9. The fourth-order valence-electron chi connectivity index (χ4n) is 2.29. The van der Waals surface area contributed by atoms with Gasteiger partial charge in [-0.3, -0.25) is 0 Å². The van der Waals surface area contributed by atoms with E-state index in [4.69, 9.17) is 0 Å². The molecule has 3 rings (SSSR count). The number of aromatic nitrogens is 2. The van der Waals surface area contributed by atoms with Crippen LogP contribution >= 0.6 is 7.92 Å². The summed E-state index contributed by atoms with van der Waals surface area (Å²) < 4.78 is 2.17. The Bertz CT molecular complexity index is 628. The lowest BCUT2D eigenvalue weighted by atomic mass is 10.4. The molecule has 0 spiro atoms. The normalized spacial score (nSPS) is 10.4. The van der Waals surface area contributed by atoms with Crippen molar-refractivity contribution >= 4 is 18.5 Å². The predicted molar refractivity (Wildman–Crippen MR) is 84.7 cm³/mol. The van der Waals surface area contributed by atoms with Gasteiger partial charge in [0.2, 0.25) is 0 Å². The van der Waals surface area contributed by atoms with E-state index in [-0.39, 0.29) is 24.9 Å². The van der Waals surface area contributed by atoms with Gasteiger partial charge in [-0.2, -0.15) is 0 Å². The molecule has 0 radical (unpaired) electrons. The summed E-state index contributed by atoms with van der Waals surface area (Å²) in [4.78, 5) is 3.35. The smallest absolute Gasteiger partial charge is 0.258 e. The SMILES string of the molecule is C[n+]1cc[nH]c1CP(c1ccccc1)c1ccccc1.[Br-]. The number of imidazole rings is 1. The van der Waals surface area contributed by atoms with E-state index in [2.05, 4.69) is 83.5 Å². The lowest BCUT2D eigenvalue weighted by Crippen LogP contribution is -3.00. The number of benzene rings is 2. The Labute approximate surface area is 137 Å². The van der Waals surface area contributed by atoms with Crippen LogP contribution in [0.3, 0.4) is 0 Å². The second-order valence-corrected chi connectivity index (χ2v) is 6.98. The van der Waals surface area contributed by atoms with E-state index < -0.39 is 0 Å². The van der Waals surface area contributed by atoms with E-state index in [0.717, 1.165) is 6.16 Å². The van der Waals surface area contributed by atoms with E-state index in [0.29, 0.717) is 0 Å². The maximum atomic E-state index is 3.35. The Morgan fingerprint density at radius 3 is 1.86 bits per heavy atom. The standard InChI is InChI=1S/C17H17N2P.BrH/c1-19-13-12-18-17(19)14-20(15-8-4-2-5-9-15)16-10-6-3-7-11-16;/h2-13H,14H2,1H3;1H. The largest absolute Gasteiger partial charge is 1.00 e. The van der Waals surface area contributed by atoms with Crippen molar-refractivity contribution in [2.75, 3.05) is 0 Å². The Hall–Kier alpha value is -1.44. The van der Waals surface area contributed by atoms with E-state index in [9.17, 15) is 0 Å². The number of aromatic amines is 1. The molecule has 0 aliphatic carbocycles. The Morgan fingerprint density at radius 2 is 1.43 bits per heavy atom. The fraction of sp³-hybridized carbons (Fsp3) is 0.118. The van der Waals surface area contributed by atoms with Crippen LogP contribution in [-0.2, 0) is 13.2 Å². The average molecular weight is 361 g/mol. The molecule has 0 aliphatic heterocycles. The molecule has 0 aliphatic rings. The highest BCUT2D eigenvalue weighted by molar-refractivity contribution is 7.72. The van der Waals surface area contributed by atoms with Gasteiger partial charge in [-0.15, -0.1) is 0 Å². The van der Waals surface area contributed by atoms with Crippen molar-refractivity contribution in [3.8, 4) is 0 Å². The van der Waals surface area contributed by atoms with Gasteiger partial charge >= 0.3 is 0 Å². The Morgan fingerprint density at radius 1 is 0.905 bits per heavy atom. The van der Waals surface area contributed by atoms with Gasteiger partial charge in [-0.05, 0) is 18.5 Å². The van der Waals surface area contributed by atoms with E-state index >= 15 is 0 Å². The summed E-state index contributed by atoms with van der Waals surface area (Å²) in [7, 11) is 1.72. The fourth-order valence-corrected chi connectivity index (χ4v) is 4.63. The number of H-pyrrole nitrogens is 1. The van der Waals surface area contributed by atoms with Crippen LogP contribution < -0.4 is 32.2 Å². The number of rotatable bonds is 4. The molecule has 0 fully saturated rings. The number of hydrogen-bond acceptors (Lipinski definition) is 0. The van der Waals surface area contributed by atoms with Crippen LogP contribution in [0.25, 0.3) is 0 Å². The Kier molecular flexibility index (Phi) is 5.72. The zero-order chi connectivity index (χ0) is 13.8. The van der Waals surface area contributed by atoms with Gasteiger partial charge in [0.1, 0.15) is 12.4 Å². The van der Waals surface area contributed by atoms with Crippen molar-refractivity contribution in [2.45, 2.75) is 6.16 Å². The topological polar surface area (TPSA) is 19.7 Å². The lowest BCUT2D eigenvalue weighted by molar-refractivity contribution is -0.676. The zero-order valence-corrected chi connectivity index (χ0v) is 14.4. The minimum absolute atomic E-state index is 0. The summed E-state index contributed by atoms with van der Waals surface area (Å²) >= 11 is 0. The summed E-state index contributed by atoms with van der Waals surface area (Å²) in [5.41, 5.74) is 0. The number of nitrogens with one attached hydrogen (secondary N) is 1. The molecule has 3 aromatic rings. The minimum atomic E-state index is -0.370. The van der Waals surface area contributed by atoms with Crippen LogP contribution in [0.1, 0.15) is 5.82 Å². The molecule has 108 valence electrons. The quantitative estimate of drug-likeness (QED) is 0.477. The molecule has 1 aromatic heterocycles. The van der Waals surface area contributed by atoms with Crippen molar-refractivity contribution in [1.82, 2.24) is 4.98 Å². The number of halogens is 1. The van der Waals surface area contributed by atoms with E-state index in [1.807, 2.05) is 6.20 Å². The van der Waals surface area contributed by atoms with Crippen LogP contribution in [0.4, 0.5) is 0 Å². The second kappa shape index (κ2) is 7.53. The third-order valence-corrected chi connectivity index (χ3v) is 5.88. The van der Waals surface area contributed by atoms with Gasteiger partial charge in [0.25, 0.3) is 5.82 Å². The van der Waals surface area contributed by atoms with Gasteiger partial charge < -0.3 is 17.0 Å². The minimum Gasteiger partial charge on any atom is -1.00 e. The van der Waals surface area contributed by atoms with Crippen LogP contribution in [0, 0.1) is 0 Å². The molecular weight excluding hydrogens is 343 g/mol. The first-order valence-corrected chi connectivity index (χ1v) is 8.27. The molecule has 1 N–H and O–H groups in total. The monoisotopic (exact) mass is 360 g/mol. The maximum Gasteiger partial charge on any atom is 0.258 e. The summed E-state index contributed by atoms with van der Waals surface area (Å²) in [6.45, 7) is 0. The zero-order valence-electron chi connectivity index (χ0n) is 11.9. The van der Waals surface area contributed by atoms with Gasteiger partial charge in [0.15, 0.2) is 0 Å². The summed E-state index contributed by atoms with van der Waals surface area (Å²) in [6, 6.07) is 21.6. The van der Waals surface area contributed by atoms with Crippen LogP contribution in [0.15, 0.2) is 73.1 Å². The van der Waals surface area contributed by atoms with Crippen LogP contribution in [0.5, 0.6) is 0 Å². The number of hydrogen-bond donors (Lipinski definition) is 1. The third-order valence-electron chi connectivity index (χ3n) is 3.42. The number of nitrogens with zero attached hydrogens (tertiary/aromatic N) is 1. The molecule has 1 heterocycles. The van der Waals surface area contributed by atoms with Crippen molar-refractivity contribution in [3.63, 3.8) is 0 Å². The van der Waals surface area contributed by atoms with Crippen molar-refractivity contribution < 1.29 is 21.5 Å². The maximum absolute atomic E-state index is 3.35. The molecule has 21 heavy (non-hydrogen) atoms. The molecule has 0 saturated heterocycles. The number of aryl methyl sites for hydroxylation is 1. The molecule has 0 unspecified atom stereocenters. The summed E-state index contributed by atoms with van der Waals surface area (Å²) in [5, 5.41) is 2.84. The summed E-state index contributed by atoms with van der Waals surface area (Å²) in [5.74, 6) is 1.27. The molecule has 4 heteroatoms. The molecule has 0 bridgehead atoms. The first-order valence-electron chi connectivity index (χ1n) is 6.74. The van der Waals surface area contributed by atoms with Gasteiger partial charge in [0.05, 0.1) is 13.2 Å². The molecule has 0 atom stereocenters. The van der Waals surface area contributed by atoms with Gasteiger partial charge in [-0.25, -0.2) is 9.55 Å². The molecule has 2 nitrogen and oxygen atoms in total. The summed E-state index contributed by atoms with van der Waals surface area (Å²) in [6.07, 6.45) is 5.10.